The highest BCUT2D eigenvalue weighted by Gasteiger charge is 2.14. The average Bonchev–Trinajstić information content (AvgIpc) is 2.45. The Morgan fingerprint density at radius 1 is 1.05 bits per heavy atom. The van der Waals surface area contributed by atoms with E-state index >= 15 is 0 Å². The number of rotatable bonds is 3. The molecule has 0 radical (unpaired) electrons. The first-order valence-electron chi connectivity index (χ1n) is 6.91. The van der Waals surface area contributed by atoms with Crippen molar-refractivity contribution in [2.45, 2.75) is 26.2 Å². The Balaban J connectivity index is 2.44. The molecule has 0 aromatic heterocycles. The van der Waals surface area contributed by atoms with Crippen molar-refractivity contribution < 1.29 is 9.53 Å². The summed E-state index contributed by atoms with van der Waals surface area (Å²) in [6.45, 7) is 6.55. The number of carbonyl (C=O) groups is 1. The Morgan fingerprint density at radius 3 is 2.14 bits per heavy atom. The lowest BCUT2D eigenvalue weighted by Crippen LogP contribution is -2.11. The lowest BCUT2D eigenvalue weighted by Gasteiger charge is -2.19. The van der Waals surface area contributed by atoms with Crippen molar-refractivity contribution in [1.29, 1.82) is 0 Å². The average molecular weight is 283 g/mol. The van der Waals surface area contributed by atoms with E-state index in [4.69, 9.17) is 10.5 Å². The van der Waals surface area contributed by atoms with Crippen molar-refractivity contribution in [1.82, 2.24) is 0 Å². The summed E-state index contributed by atoms with van der Waals surface area (Å²) in [5.74, 6) is 0.192. The molecule has 0 saturated carbocycles. The summed E-state index contributed by atoms with van der Waals surface area (Å²) in [5.41, 5.74) is 9.14. The molecular formula is C18H21NO2. The van der Waals surface area contributed by atoms with Crippen LogP contribution in [-0.4, -0.2) is 13.0 Å². The van der Waals surface area contributed by atoms with E-state index in [-0.39, 0.29) is 5.41 Å². The molecule has 1 amide bonds. The highest BCUT2D eigenvalue weighted by molar-refractivity contribution is 5.94. The first kappa shape index (κ1) is 15.1. The van der Waals surface area contributed by atoms with Gasteiger partial charge in [-0.15, -0.1) is 0 Å². The van der Waals surface area contributed by atoms with E-state index in [9.17, 15) is 4.79 Å². The molecule has 3 heteroatoms. The number of primary amides is 1. The highest BCUT2D eigenvalue weighted by atomic mass is 16.5. The summed E-state index contributed by atoms with van der Waals surface area (Å²) in [6.07, 6.45) is 0. The van der Waals surface area contributed by atoms with Crippen molar-refractivity contribution in [3.05, 3.63) is 53.6 Å². The minimum Gasteiger partial charge on any atom is -0.496 e. The minimum atomic E-state index is -0.456. The van der Waals surface area contributed by atoms with Gasteiger partial charge in [0.2, 0.25) is 5.91 Å². The third-order valence-electron chi connectivity index (χ3n) is 3.55. The molecule has 3 nitrogen and oxygen atoms in total. The van der Waals surface area contributed by atoms with Crippen LogP contribution in [0.1, 0.15) is 36.7 Å². The van der Waals surface area contributed by atoms with E-state index in [2.05, 4.69) is 45.0 Å². The van der Waals surface area contributed by atoms with Gasteiger partial charge in [-0.25, -0.2) is 0 Å². The number of methoxy groups -OCH3 is 1. The molecule has 21 heavy (non-hydrogen) atoms. The van der Waals surface area contributed by atoms with Crippen molar-refractivity contribution in [2.24, 2.45) is 5.73 Å². The standard InChI is InChI=1S/C18H21NO2/c1-18(2,3)14-8-5-12(6-9-14)15-10-7-13(17(19)20)11-16(15)21-4/h5-11H,1-4H3,(H2,19,20). The number of amides is 1. The van der Waals surface area contributed by atoms with Gasteiger partial charge in [0.25, 0.3) is 0 Å². The molecule has 2 aromatic rings. The molecule has 2 aromatic carbocycles. The van der Waals surface area contributed by atoms with Crippen LogP contribution in [-0.2, 0) is 5.41 Å². The summed E-state index contributed by atoms with van der Waals surface area (Å²) in [5, 5.41) is 0. The van der Waals surface area contributed by atoms with Crippen LogP contribution in [0.25, 0.3) is 11.1 Å². The van der Waals surface area contributed by atoms with E-state index in [1.165, 1.54) is 5.56 Å². The Morgan fingerprint density at radius 2 is 1.67 bits per heavy atom. The molecular weight excluding hydrogens is 262 g/mol. The topological polar surface area (TPSA) is 52.3 Å². The molecule has 0 bridgehead atoms. The Labute approximate surface area is 125 Å². The maximum absolute atomic E-state index is 11.2. The molecule has 0 spiro atoms. The number of benzene rings is 2. The second-order valence-corrected chi connectivity index (χ2v) is 6.11. The Bertz CT molecular complexity index is 652. The van der Waals surface area contributed by atoms with Crippen molar-refractivity contribution in [3.8, 4) is 16.9 Å². The number of nitrogens with two attached hydrogens (primary N) is 1. The smallest absolute Gasteiger partial charge is 0.248 e. The molecule has 2 N–H and O–H groups in total. The van der Waals surface area contributed by atoms with Crippen LogP contribution in [0.5, 0.6) is 5.75 Å². The van der Waals surface area contributed by atoms with Gasteiger partial charge in [-0.3, -0.25) is 4.79 Å². The van der Waals surface area contributed by atoms with Crippen LogP contribution in [0.2, 0.25) is 0 Å². The van der Waals surface area contributed by atoms with E-state index < -0.39 is 5.91 Å². The van der Waals surface area contributed by atoms with Crippen LogP contribution >= 0.6 is 0 Å². The third-order valence-corrected chi connectivity index (χ3v) is 3.55. The lowest BCUT2D eigenvalue weighted by molar-refractivity contribution is 0.1000. The lowest BCUT2D eigenvalue weighted by atomic mass is 9.86. The van der Waals surface area contributed by atoms with E-state index in [0.29, 0.717) is 11.3 Å². The largest absolute Gasteiger partial charge is 0.496 e. The first-order chi connectivity index (χ1) is 9.82. The van der Waals surface area contributed by atoms with Gasteiger partial charge in [-0.05, 0) is 34.7 Å². The third kappa shape index (κ3) is 3.24. The molecule has 0 aliphatic carbocycles. The Kier molecular flexibility index (Phi) is 4.03. The SMILES string of the molecule is COc1cc(C(N)=O)ccc1-c1ccc(C(C)(C)C)cc1. The molecule has 0 saturated heterocycles. The van der Waals surface area contributed by atoms with Crippen LogP contribution in [0.15, 0.2) is 42.5 Å². The van der Waals surface area contributed by atoms with Gasteiger partial charge in [0.15, 0.2) is 0 Å². The zero-order valence-corrected chi connectivity index (χ0v) is 12.9. The second kappa shape index (κ2) is 5.60. The number of ether oxygens (including phenoxy) is 1. The van der Waals surface area contributed by atoms with Crippen LogP contribution in [0.3, 0.4) is 0 Å². The van der Waals surface area contributed by atoms with Crippen molar-refractivity contribution in [3.63, 3.8) is 0 Å². The second-order valence-electron chi connectivity index (χ2n) is 6.11. The van der Waals surface area contributed by atoms with Gasteiger partial charge >= 0.3 is 0 Å². The van der Waals surface area contributed by atoms with Gasteiger partial charge < -0.3 is 10.5 Å². The molecule has 0 fully saturated rings. The summed E-state index contributed by atoms with van der Waals surface area (Å²) in [6, 6.07) is 13.6. The normalized spacial score (nSPS) is 11.2. The van der Waals surface area contributed by atoms with Crippen molar-refractivity contribution in [2.75, 3.05) is 7.11 Å². The molecule has 0 aliphatic rings. The van der Waals surface area contributed by atoms with Gasteiger partial charge in [-0.2, -0.15) is 0 Å². The summed E-state index contributed by atoms with van der Waals surface area (Å²) in [7, 11) is 1.59. The van der Waals surface area contributed by atoms with E-state index in [1.54, 1.807) is 19.2 Å². The molecule has 0 unspecified atom stereocenters. The maximum atomic E-state index is 11.2. The monoisotopic (exact) mass is 283 g/mol. The van der Waals surface area contributed by atoms with E-state index in [1.807, 2.05) is 6.07 Å². The molecule has 0 heterocycles. The molecule has 0 atom stereocenters. The fourth-order valence-corrected chi connectivity index (χ4v) is 2.23. The zero-order chi connectivity index (χ0) is 15.6. The predicted octanol–water partition coefficient (Wildman–Crippen LogP) is 3.76. The van der Waals surface area contributed by atoms with Gasteiger partial charge in [0.1, 0.15) is 5.75 Å². The van der Waals surface area contributed by atoms with Gasteiger partial charge in [0, 0.05) is 11.1 Å². The van der Waals surface area contributed by atoms with Crippen molar-refractivity contribution >= 4 is 5.91 Å². The van der Waals surface area contributed by atoms with E-state index in [0.717, 1.165) is 11.1 Å². The minimum absolute atomic E-state index is 0.123. The van der Waals surface area contributed by atoms with Gasteiger partial charge in [-0.1, -0.05) is 45.0 Å². The number of hydrogen-bond acceptors (Lipinski definition) is 2. The van der Waals surface area contributed by atoms with Crippen LogP contribution in [0, 0.1) is 0 Å². The van der Waals surface area contributed by atoms with Gasteiger partial charge in [0.05, 0.1) is 7.11 Å². The van der Waals surface area contributed by atoms with Crippen LogP contribution < -0.4 is 10.5 Å². The maximum Gasteiger partial charge on any atom is 0.248 e. The highest BCUT2D eigenvalue weighted by Crippen LogP contribution is 2.32. The Hall–Kier alpha value is -2.29. The van der Waals surface area contributed by atoms with Crippen LogP contribution in [0.4, 0.5) is 0 Å². The molecule has 2 rings (SSSR count). The quantitative estimate of drug-likeness (QED) is 0.932. The zero-order valence-electron chi connectivity index (χ0n) is 12.9. The fraction of sp³-hybridized carbons (Fsp3) is 0.278. The predicted molar refractivity (Wildman–Crippen MR) is 85.6 cm³/mol. The summed E-state index contributed by atoms with van der Waals surface area (Å²) >= 11 is 0. The fourth-order valence-electron chi connectivity index (χ4n) is 2.23. The first-order valence-corrected chi connectivity index (χ1v) is 6.91. The number of hydrogen-bond donors (Lipinski definition) is 1. The summed E-state index contributed by atoms with van der Waals surface area (Å²) in [4.78, 5) is 11.2. The molecule has 0 aliphatic heterocycles. The number of carbonyl (C=O) groups excluding carboxylic acids is 1. The molecule has 110 valence electrons. The summed E-state index contributed by atoms with van der Waals surface area (Å²) < 4.78 is 5.38.